The molecule has 5 heteroatoms. The molecule has 0 aliphatic heterocycles. The number of hydrogen-bond donors (Lipinski definition) is 2. The molecule has 0 saturated heterocycles. The predicted molar refractivity (Wildman–Crippen MR) is 112 cm³/mol. The molecule has 0 amide bonds. The summed E-state index contributed by atoms with van der Waals surface area (Å²) in [6.45, 7) is 6.26. The Bertz CT molecular complexity index is 1030. The van der Waals surface area contributed by atoms with Gasteiger partial charge in [-0.15, -0.1) is 0 Å². The van der Waals surface area contributed by atoms with Crippen LogP contribution in [0.4, 0.5) is 0 Å². The molecular weight excluding hydrogens is 364 g/mol. The van der Waals surface area contributed by atoms with Crippen molar-refractivity contribution in [1.82, 2.24) is 10.1 Å². The maximum atomic E-state index is 10.4. The lowest BCUT2D eigenvalue weighted by molar-refractivity contribution is 0.365. The van der Waals surface area contributed by atoms with Crippen LogP contribution in [0, 0.1) is 20.8 Å². The number of benzene rings is 1. The smallest absolute Gasteiger partial charge is 0.252 e. The topological polar surface area (TPSA) is 79.4 Å². The van der Waals surface area contributed by atoms with Gasteiger partial charge in [-0.2, -0.15) is 0 Å². The van der Waals surface area contributed by atoms with Crippen molar-refractivity contribution in [3.05, 3.63) is 57.9 Å². The van der Waals surface area contributed by atoms with Gasteiger partial charge in [-0.25, -0.2) is 0 Å². The number of aromatic hydroxyl groups is 2. The van der Waals surface area contributed by atoms with Crippen molar-refractivity contribution in [2.75, 3.05) is 0 Å². The largest absolute Gasteiger partial charge is 0.506 e. The third kappa shape index (κ3) is 3.86. The molecule has 2 N–H and O–H groups in total. The molecule has 5 nitrogen and oxygen atoms in total. The van der Waals surface area contributed by atoms with E-state index in [1.807, 2.05) is 6.07 Å². The SMILES string of the molecule is Cc1cc(-c2cc(O)no2)c(C)c(C)c1Cc1ccc(O)c(C2CCCCC2)n1. The quantitative estimate of drug-likeness (QED) is 0.594. The first-order valence-corrected chi connectivity index (χ1v) is 10.4. The molecule has 1 aliphatic carbocycles. The van der Waals surface area contributed by atoms with Crippen LogP contribution in [0.3, 0.4) is 0 Å². The monoisotopic (exact) mass is 392 g/mol. The van der Waals surface area contributed by atoms with Crippen LogP contribution in [0.5, 0.6) is 11.6 Å². The Morgan fingerprint density at radius 2 is 1.76 bits per heavy atom. The van der Waals surface area contributed by atoms with E-state index in [0.29, 0.717) is 17.4 Å². The molecule has 1 aromatic carbocycles. The summed E-state index contributed by atoms with van der Waals surface area (Å²) < 4.78 is 5.26. The first-order valence-electron chi connectivity index (χ1n) is 10.4. The number of pyridine rings is 1. The molecule has 1 fully saturated rings. The molecule has 0 atom stereocenters. The van der Waals surface area contributed by atoms with Gasteiger partial charge in [-0.05, 0) is 79.2 Å². The molecule has 29 heavy (non-hydrogen) atoms. The van der Waals surface area contributed by atoms with E-state index in [9.17, 15) is 10.2 Å². The van der Waals surface area contributed by atoms with E-state index in [1.54, 1.807) is 12.1 Å². The van der Waals surface area contributed by atoms with Crippen molar-refractivity contribution in [3.8, 4) is 23.0 Å². The van der Waals surface area contributed by atoms with Crippen molar-refractivity contribution in [2.24, 2.45) is 0 Å². The summed E-state index contributed by atoms with van der Waals surface area (Å²) in [6, 6.07) is 7.35. The van der Waals surface area contributed by atoms with E-state index < -0.39 is 0 Å². The molecule has 3 aromatic rings. The van der Waals surface area contributed by atoms with Gasteiger partial charge in [0.2, 0.25) is 0 Å². The Labute approximate surface area is 171 Å². The first kappa shape index (κ1) is 19.5. The van der Waals surface area contributed by atoms with E-state index in [0.717, 1.165) is 47.3 Å². The minimum atomic E-state index is -0.109. The summed E-state index contributed by atoms with van der Waals surface area (Å²) in [7, 11) is 0. The van der Waals surface area contributed by atoms with Crippen LogP contribution in [0.2, 0.25) is 0 Å². The maximum Gasteiger partial charge on any atom is 0.252 e. The lowest BCUT2D eigenvalue weighted by Crippen LogP contribution is -2.09. The van der Waals surface area contributed by atoms with Gasteiger partial charge in [0, 0.05) is 29.7 Å². The number of aromatic nitrogens is 2. The summed E-state index contributed by atoms with van der Waals surface area (Å²) in [5.41, 5.74) is 7.47. The zero-order valence-corrected chi connectivity index (χ0v) is 17.3. The van der Waals surface area contributed by atoms with Gasteiger partial charge in [0.1, 0.15) is 5.75 Å². The fourth-order valence-corrected chi connectivity index (χ4v) is 4.52. The summed E-state index contributed by atoms with van der Waals surface area (Å²) in [5.74, 6) is 1.15. The highest BCUT2D eigenvalue weighted by Crippen LogP contribution is 2.37. The molecule has 0 radical (unpaired) electrons. The Hall–Kier alpha value is -2.82. The van der Waals surface area contributed by atoms with Crippen LogP contribution in [0.1, 0.15) is 71.7 Å². The van der Waals surface area contributed by atoms with Crippen molar-refractivity contribution < 1.29 is 14.7 Å². The third-order valence-corrected chi connectivity index (χ3v) is 6.33. The molecular formula is C24H28N2O3. The van der Waals surface area contributed by atoms with Gasteiger partial charge in [-0.3, -0.25) is 4.98 Å². The molecule has 0 spiro atoms. The van der Waals surface area contributed by atoms with Crippen LogP contribution in [0.25, 0.3) is 11.3 Å². The second-order valence-electron chi connectivity index (χ2n) is 8.24. The Morgan fingerprint density at radius 1 is 1.00 bits per heavy atom. The van der Waals surface area contributed by atoms with Crippen molar-refractivity contribution in [3.63, 3.8) is 0 Å². The molecule has 2 heterocycles. The molecule has 0 unspecified atom stereocenters. The third-order valence-electron chi connectivity index (χ3n) is 6.33. The predicted octanol–water partition coefficient (Wildman–Crippen LogP) is 5.71. The Kier molecular flexibility index (Phi) is 5.31. The highest BCUT2D eigenvalue weighted by molar-refractivity contribution is 5.67. The summed E-state index contributed by atoms with van der Waals surface area (Å²) >= 11 is 0. The average molecular weight is 392 g/mol. The van der Waals surface area contributed by atoms with Crippen molar-refractivity contribution in [1.29, 1.82) is 0 Å². The Morgan fingerprint density at radius 3 is 2.45 bits per heavy atom. The van der Waals surface area contributed by atoms with Crippen LogP contribution >= 0.6 is 0 Å². The molecule has 2 aromatic heterocycles. The normalized spacial score (nSPS) is 15.0. The van der Waals surface area contributed by atoms with Crippen LogP contribution in [-0.4, -0.2) is 20.4 Å². The van der Waals surface area contributed by atoms with E-state index >= 15 is 0 Å². The highest BCUT2D eigenvalue weighted by Gasteiger charge is 2.21. The lowest BCUT2D eigenvalue weighted by Gasteiger charge is -2.22. The van der Waals surface area contributed by atoms with Crippen LogP contribution < -0.4 is 0 Å². The molecule has 152 valence electrons. The number of hydrogen-bond acceptors (Lipinski definition) is 5. The summed E-state index contributed by atoms with van der Waals surface area (Å²) in [4.78, 5) is 4.88. The fraction of sp³-hybridized carbons (Fsp3) is 0.417. The minimum Gasteiger partial charge on any atom is -0.506 e. The second kappa shape index (κ2) is 7.90. The molecule has 0 bridgehead atoms. The van der Waals surface area contributed by atoms with Gasteiger partial charge in [0.15, 0.2) is 5.76 Å². The standard InChI is InChI=1S/C24H28N2O3/c1-14-11-20(22-13-23(28)26-29-22)16(3)15(2)19(14)12-18-9-10-21(27)24(25-18)17-7-5-4-6-8-17/h9-11,13,17,27H,4-8,12H2,1-3H3,(H,26,28). The van der Waals surface area contributed by atoms with E-state index in [4.69, 9.17) is 9.51 Å². The maximum absolute atomic E-state index is 10.4. The Balaban J connectivity index is 1.67. The van der Waals surface area contributed by atoms with Gasteiger partial charge in [-0.1, -0.05) is 19.3 Å². The molecule has 1 saturated carbocycles. The van der Waals surface area contributed by atoms with E-state index in [1.165, 1.54) is 30.4 Å². The zero-order valence-electron chi connectivity index (χ0n) is 17.3. The minimum absolute atomic E-state index is 0.109. The first-order chi connectivity index (χ1) is 13.9. The summed E-state index contributed by atoms with van der Waals surface area (Å²) in [5, 5.41) is 23.5. The highest BCUT2D eigenvalue weighted by atomic mass is 16.5. The average Bonchev–Trinajstić information content (AvgIpc) is 3.16. The second-order valence-corrected chi connectivity index (χ2v) is 8.24. The fourth-order valence-electron chi connectivity index (χ4n) is 4.52. The zero-order chi connectivity index (χ0) is 20.5. The van der Waals surface area contributed by atoms with Crippen LogP contribution in [0.15, 0.2) is 28.8 Å². The van der Waals surface area contributed by atoms with Crippen LogP contribution in [-0.2, 0) is 6.42 Å². The van der Waals surface area contributed by atoms with Gasteiger partial charge < -0.3 is 14.7 Å². The van der Waals surface area contributed by atoms with Gasteiger partial charge in [0.25, 0.3) is 5.88 Å². The van der Waals surface area contributed by atoms with Crippen molar-refractivity contribution >= 4 is 0 Å². The molecule has 1 aliphatic rings. The van der Waals surface area contributed by atoms with Gasteiger partial charge in [0.05, 0.1) is 5.69 Å². The summed E-state index contributed by atoms with van der Waals surface area (Å²) in [6.07, 6.45) is 6.66. The van der Waals surface area contributed by atoms with E-state index in [2.05, 4.69) is 32.0 Å². The number of rotatable bonds is 4. The van der Waals surface area contributed by atoms with Gasteiger partial charge >= 0.3 is 0 Å². The molecule has 4 rings (SSSR count). The number of nitrogens with zero attached hydrogens (tertiary/aromatic N) is 2. The van der Waals surface area contributed by atoms with E-state index in [-0.39, 0.29) is 5.88 Å². The number of aryl methyl sites for hydroxylation is 1. The van der Waals surface area contributed by atoms with Crippen molar-refractivity contribution in [2.45, 2.75) is 65.2 Å². The lowest BCUT2D eigenvalue weighted by atomic mass is 9.86.